The molecule has 4 heteroatoms. The van der Waals surface area contributed by atoms with E-state index in [0.717, 1.165) is 52.0 Å². The van der Waals surface area contributed by atoms with Crippen LogP contribution < -0.4 is 5.32 Å². The molecule has 2 aliphatic rings. The number of amides is 2. The van der Waals surface area contributed by atoms with Crippen LogP contribution in [0.3, 0.4) is 0 Å². The van der Waals surface area contributed by atoms with Gasteiger partial charge >= 0.3 is 6.03 Å². The van der Waals surface area contributed by atoms with Crippen LogP contribution >= 0.6 is 0 Å². The Morgan fingerprint density at radius 2 is 2.33 bits per heavy atom. The molecule has 1 N–H and O–H groups in total. The first kappa shape index (κ1) is 10.7. The quantitative estimate of drug-likeness (QED) is 0.752. The molecule has 2 amide bonds. The summed E-state index contributed by atoms with van der Waals surface area (Å²) in [5, 5.41) is 3.32. The van der Waals surface area contributed by atoms with E-state index in [0.29, 0.717) is 6.04 Å². The summed E-state index contributed by atoms with van der Waals surface area (Å²) in [6.45, 7) is 6.97. The van der Waals surface area contributed by atoms with Gasteiger partial charge in [-0.1, -0.05) is 6.92 Å². The summed E-state index contributed by atoms with van der Waals surface area (Å²) in [6.07, 6.45) is 3.30. The van der Waals surface area contributed by atoms with Crippen LogP contribution in [0.4, 0.5) is 4.79 Å². The monoisotopic (exact) mass is 211 g/mol. The van der Waals surface area contributed by atoms with E-state index in [9.17, 15) is 4.79 Å². The van der Waals surface area contributed by atoms with Crippen LogP contribution in [0.1, 0.15) is 26.2 Å². The van der Waals surface area contributed by atoms with Gasteiger partial charge < -0.3 is 15.1 Å². The van der Waals surface area contributed by atoms with E-state index < -0.39 is 0 Å². The molecular formula is C11H21N3O. The molecular weight excluding hydrogens is 190 g/mol. The lowest BCUT2D eigenvalue weighted by Crippen LogP contribution is -2.53. The lowest BCUT2D eigenvalue weighted by molar-refractivity contribution is 0.112. The fourth-order valence-corrected chi connectivity index (χ4v) is 2.53. The number of hydrogen-bond donors (Lipinski definition) is 1. The predicted molar refractivity (Wildman–Crippen MR) is 59.9 cm³/mol. The van der Waals surface area contributed by atoms with Crippen molar-refractivity contribution in [3.8, 4) is 0 Å². The predicted octanol–water partition coefficient (Wildman–Crippen LogP) is 0.886. The second-order valence-corrected chi connectivity index (χ2v) is 4.46. The van der Waals surface area contributed by atoms with Gasteiger partial charge in [0.1, 0.15) is 0 Å². The normalized spacial score (nSPS) is 27.5. The van der Waals surface area contributed by atoms with E-state index in [1.54, 1.807) is 0 Å². The van der Waals surface area contributed by atoms with Gasteiger partial charge in [0.15, 0.2) is 0 Å². The van der Waals surface area contributed by atoms with E-state index in [4.69, 9.17) is 0 Å². The molecule has 86 valence electrons. The lowest BCUT2D eigenvalue weighted by Gasteiger charge is -2.38. The second-order valence-electron chi connectivity index (χ2n) is 4.46. The van der Waals surface area contributed by atoms with Crippen LogP contribution in [0.2, 0.25) is 0 Å². The Kier molecular flexibility index (Phi) is 3.46. The minimum Gasteiger partial charge on any atom is -0.325 e. The summed E-state index contributed by atoms with van der Waals surface area (Å²) < 4.78 is 0. The smallest absolute Gasteiger partial charge is 0.320 e. The number of carbonyl (C=O) groups is 1. The third-order valence-electron chi connectivity index (χ3n) is 3.31. The largest absolute Gasteiger partial charge is 0.325 e. The van der Waals surface area contributed by atoms with Crippen molar-refractivity contribution >= 4 is 6.03 Å². The van der Waals surface area contributed by atoms with Crippen LogP contribution in [0, 0.1) is 0 Å². The van der Waals surface area contributed by atoms with Gasteiger partial charge in [-0.25, -0.2) is 4.79 Å². The van der Waals surface area contributed by atoms with Gasteiger partial charge in [0.2, 0.25) is 0 Å². The van der Waals surface area contributed by atoms with Crippen molar-refractivity contribution < 1.29 is 4.79 Å². The number of carbonyl (C=O) groups excluding carboxylic acids is 1. The van der Waals surface area contributed by atoms with Gasteiger partial charge in [-0.05, 0) is 25.8 Å². The third kappa shape index (κ3) is 2.25. The maximum atomic E-state index is 12.1. The summed E-state index contributed by atoms with van der Waals surface area (Å²) in [7, 11) is 0. The van der Waals surface area contributed by atoms with Crippen molar-refractivity contribution in [3.05, 3.63) is 0 Å². The minimum absolute atomic E-state index is 0.261. The highest BCUT2D eigenvalue weighted by atomic mass is 16.2. The fourth-order valence-electron chi connectivity index (χ4n) is 2.53. The van der Waals surface area contributed by atoms with Crippen LogP contribution in [-0.2, 0) is 0 Å². The Balaban J connectivity index is 1.95. The Morgan fingerprint density at radius 1 is 1.47 bits per heavy atom. The van der Waals surface area contributed by atoms with Crippen molar-refractivity contribution in [1.82, 2.24) is 15.1 Å². The zero-order valence-electron chi connectivity index (χ0n) is 9.54. The van der Waals surface area contributed by atoms with E-state index in [1.165, 1.54) is 0 Å². The topological polar surface area (TPSA) is 35.6 Å². The number of rotatable bonds is 3. The number of nitrogens with one attached hydrogen (secondary N) is 1. The van der Waals surface area contributed by atoms with E-state index in [2.05, 4.69) is 17.1 Å². The van der Waals surface area contributed by atoms with Gasteiger partial charge in [0.05, 0.1) is 0 Å². The lowest BCUT2D eigenvalue weighted by atomic mass is 10.2. The molecule has 2 fully saturated rings. The molecule has 0 aliphatic carbocycles. The Bertz CT molecular complexity index is 224. The first-order valence-electron chi connectivity index (χ1n) is 6.09. The molecule has 0 radical (unpaired) electrons. The van der Waals surface area contributed by atoms with Crippen LogP contribution in [0.25, 0.3) is 0 Å². The molecule has 1 atom stereocenters. The molecule has 15 heavy (non-hydrogen) atoms. The maximum absolute atomic E-state index is 12.1. The van der Waals surface area contributed by atoms with Gasteiger partial charge in [-0.2, -0.15) is 0 Å². The number of hydrogen-bond acceptors (Lipinski definition) is 2. The molecule has 2 aliphatic heterocycles. The summed E-state index contributed by atoms with van der Waals surface area (Å²) in [6, 6.07) is 0.703. The van der Waals surface area contributed by atoms with Crippen molar-refractivity contribution in [1.29, 1.82) is 0 Å². The minimum atomic E-state index is 0.261. The van der Waals surface area contributed by atoms with Gasteiger partial charge in [-0.3, -0.25) is 0 Å². The molecule has 2 heterocycles. The van der Waals surface area contributed by atoms with Crippen molar-refractivity contribution in [2.75, 3.05) is 32.7 Å². The molecule has 0 bridgehead atoms. The second kappa shape index (κ2) is 4.84. The highest BCUT2D eigenvalue weighted by Gasteiger charge is 2.31. The van der Waals surface area contributed by atoms with E-state index >= 15 is 0 Å². The summed E-state index contributed by atoms with van der Waals surface area (Å²) >= 11 is 0. The summed E-state index contributed by atoms with van der Waals surface area (Å²) in [5.41, 5.74) is 0. The molecule has 0 aromatic heterocycles. The number of nitrogens with zero attached hydrogens (tertiary/aromatic N) is 2. The van der Waals surface area contributed by atoms with Crippen molar-refractivity contribution in [3.63, 3.8) is 0 Å². The SMILES string of the molecule is CCCN1CCCN(C2CCNC2)C1=O. The molecule has 0 spiro atoms. The molecule has 0 aromatic carbocycles. The first-order valence-corrected chi connectivity index (χ1v) is 6.09. The van der Waals surface area contributed by atoms with Crippen LogP contribution in [-0.4, -0.2) is 54.6 Å². The molecule has 1 unspecified atom stereocenters. The Labute approximate surface area is 91.6 Å². The zero-order chi connectivity index (χ0) is 10.7. The average Bonchev–Trinajstić information content (AvgIpc) is 2.74. The fraction of sp³-hybridized carbons (Fsp3) is 0.909. The van der Waals surface area contributed by atoms with Gasteiger partial charge in [0.25, 0.3) is 0 Å². The average molecular weight is 211 g/mol. The summed E-state index contributed by atoms with van der Waals surface area (Å²) in [5.74, 6) is 0. The molecule has 2 rings (SSSR count). The first-order chi connectivity index (χ1) is 7.33. The van der Waals surface area contributed by atoms with Crippen LogP contribution in [0.15, 0.2) is 0 Å². The Hall–Kier alpha value is -0.770. The van der Waals surface area contributed by atoms with Crippen molar-refractivity contribution in [2.45, 2.75) is 32.2 Å². The summed E-state index contributed by atoms with van der Waals surface area (Å²) in [4.78, 5) is 16.2. The zero-order valence-corrected chi connectivity index (χ0v) is 9.54. The van der Waals surface area contributed by atoms with Crippen molar-refractivity contribution in [2.24, 2.45) is 0 Å². The highest BCUT2D eigenvalue weighted by Crippen LogP contribution is 2.16. The molecule has 0 saturated carbocycles. The maximum Gasteiger partial charge on any atom is 0.320 e. The number of urea groups is 1. The van der Waals surface area contributed by atoms with Gasteiger partial charge in [-0.15, -0.1) is 0 Å². The van der Waals surface area contributed by atoms with E-state index in [1.807, 2.05) is 4.90 Å². The van der Waals surface area contributed by atoms with Gasteiger partial charge in [0, 0.05) is 32.2 Å². The molecule has 4 nitrogen and oxygen atoms in total. The highest BCUT2D eigenvalue weighted by molar-refractivity contribution is 5.75. The standard InChI is InChI=1S/C11H21N3O/c1-2-6-13-7-3-8-14(11(13)15)10-4-5-12-9-10/h10,12H,2-9H2,1H3. The molecule has 0 aromatic rings. The third-order valence-corrected chi connectivity index (χ3v) is 3.31. The van der Waals surface area contributed by atoms with Crippen LogP contribution in [0.5, 0.6) is 0 Å². The molecule has 2 saturated heterocycles. The van der Waals surface area contributed by atoms with E-state index in [-0.39, 0.29) is 6.03 Å². The Morgan fingerprint density at radius 3 is 3.00 bits per heavy atom.